The Hall–Kier alpha value is -2.30. The summed E-state index contributed by atoms with van der Waals surface area (Å²) in [5.41, 5.74) is 3.08. The van der Waals surface area contributed by atoms with Crippen LogP contribution in [-0.2, 0) is 25.5 Å². The van der Waals surface area contributed by atoms with Crippen LogP contribution in [0.4, 0.5) is 0 Å². The number of halogens is 2. The fourth-order valence-corrected chi connectivity index (χ4v) is 7.59. The maximum absolute atomic E-state index is 13.6. The van der Waals surface area contributed by atoms with E-state index in [1.807, 2.05) is 18.2 Å². The molecule has 0 bridgehead atoms. The topological polar surface area (TPSA) is 91.0 Å². The number of morpholine rings is 1. The van der Waals surface area contributed by atoms with E-state index in [0.717, 1.165) is 57.7 Å². The van der Waals surface area contributed by atoms with Gasteiger partial charge in [0.25, 0.3) is 0 Å². The predicted molar refractivity (Wildman–Crippen MR) is 157 cm³/mol. The van der Waals surface area contributed by atoms with Crippen LogP contribution in [0.1, 0.15) is 47.4 Å². The molecule has 0 spiro atoms. The van der Waals surface area contributed by atoms with Crippen molar-refractivity contribution >= 4 is 52.7 Å². The van der Waals surface area contributed by atoms with Gasteiger partial charge in [0.15, 0.2) is 0 Å². The third kappa shape index (κ3) is 7.12. The first-order valence-corrected chi connectivity index (χ1v) is 15.4. The molecule has 2 aromatic rings. The summed E-state index contributed by atoms with van der Waals surface area (Å²) < 4.78 is 5.38. The second kappa shape index (κ2) is 13.6. The van der Waals surface area contributed by atoms with Crippen LogP contribution >= 0.6 is 35.0 Å². The summed E-state index contributed by atoms with van der Waals surface area (Å²) in [6.07, 6.45) is 2.61. The first-order chi connectivity index (χ1) is 19.4. The van der Waals surface area contributed by atoms with Gasteiger partial charge in [0.2, 0.25) is 17.7 Å². The number of hydrogen-bond acceptors (Lipinski definition) is 6. The number of benzene rings is 2. The summed E-state index contributed by atoms with van der Waals surface area (Å²) in [5.74, 6) is -0.659. The molecule has 8 nitrogen and oxygen atoms in total. The molecular weight excluding hydrogens is 571 g/mol. The second-order valence-corrected chi connectivity index (χ2v) is 12.5. The molecule has 11 heteroatoms. The van der Waals surface area contributed by atoms with Gasteiger partial charge in [-0.2, -0.15) is 0 Å². The Morgan fingerprint density at radius 2 is 1.85 bits per heavy atom. The van der Waals surface area contributed by atoms with Crippen molar-refractivity contribution in [3.63, 3.8) is 0 Å². The minimum atomic E-state index is -0.623. The molecule has 2 aromatic carbocycles. The highest BCUT2D eigenvalue weighted by Gasteiger charge is 2.43. The first kappa shape index (κ1) is 29.2. The lowest BCUT2D eigenvalue weighted by atomic mass is 10.1. The van der Waals surface area contributed by atoms with E-state index < -0.39 is 10.6 Å². The van der Waals surface area contributed by atoms with Crippen LogP contribution in [0.3, 0.4) is 0 Å². The molecule has 0 unspecified atom stereocenters. The zero-order valence-corrected chi connectivity index (χ0v) is 24.6. The number of nitrogens with one attached hydrogen (secondary N) is 2. The standard InChI is InChI=1S/C29H34Cl2N4O4S/c30-20-7-8-22(23(31)16-20)29-35(18-27(37)32-10-3-11-34-12-14-39-15-13-34)28(38)25(40-29)17-26(36)33-24-9-6-19-4-1-2-5-21(19)24/h1-2,4-5,7-8,16,24-25,29H,3,6,9-15,17-18H2,(H,32,37)(H,33,36)/t24-,25-,29-/m1/s1. The molecular formula is C29H34Cl2N4O4S. The van der Waals surface area contributed by atoms with Crippen molar-refractivity contribution in [1.82, 2.24) is 20.4 Å². The first-order valence-electron chi connectivity index (χ1n) is 13.7. The van der Waals surface area contributed by atoms with E-state index >= 15 is 0 Å². The van der Waals surface area contributed by atoms with Gasteiger partial charge >= 0.3 is 0 Å². The second-order valence-electron chi connectivity index (χ2n) is 10.3. The normalized spacial score (nSPS) is 22.8. The number of thioether (sulfide) groups is 1. The molecule has 0 saturated carbocycles. The number of nitrogens with zero attached hydrogens (tertiary/aromatic N) is 2. The zero-order chi connectivity index (χ0) is 28.1. The lowest BCUT2D eigenvalue weighted by Crippen LogP contribution is -2.42. The average Bonchev–Trinajstić information content (AvgIpc) is 3.48. The summed E-state index contributed by atoms with van der Waals surface area (Å²) in [6, 6.07) is 13.2. The molecule has 0 radical (unpaired) electrons. The third-order valence-electron chi connectivity index (χ3n) is 7.59. The molecule has 2 N–H and O–H groups in total. The smallest absolute Gasteiger partial charge is 0.239 e. The number of rotatable bonds is 10. The highest BCUT2D eigenvalue weighted by atomic mass is 35.5. The minimum absolute atomic E-state index is 0.0293. The van der Waals surface area contributed by atoms with Gasteiger partial charge in [-0.1, -0.05) is 53.5 Å². The SMILES string of the molecule is O=C(CN1C(=O)[C@@H](CC(=O)N[C@@H]2CCc3ccccc32)S[C@@H]1c1ccc(Cl)cc1Cl)NCCCN1CCOCC1. The van der Waals surface area contributed by atoms with Crippen LogP contribution in [0.5, 0.6) is 0 Å². The maximum Gasteiger partial charge on any atom is 0.239 e. The number of amides is 3. The van der Waals surface area contributed by atoms with Crippen molar-refractivity contribution in [3.8, 4) is 0 Å². The van der Waals surface area contributed by atoms with E-state index in [1.54, 1.807) is 18.2 Å². The summed E-state index contributed by atoms with van der Waals surface area (Å²) in [6.45, 7) is 4.57. The quantitative estimate of drug-likeness (QED) is 0.399. The van der Waals surface area contributed by atoms with Crippen LogP contribution in [-0.4, -0.2) is 78.7 Å². The summed E-state index contributed by atoms with van der Waals surface area (Å²) >= 11 is 14.0. The number of carbonyl (C=O) groups excluding carboxylic acids is 3. The van der Waals surface area contributed by atoms with Crippen LogP contribution in [0.15, 0.2) is 42.5 Å². The van der Waals surface area contributed by atoms with Crippen molar-refractivity contribution in [3.05, 3.63) is 69.2 Å². The number of fused-ring (bicyclic) bond motifs is 1. The monoisotopic (exact) mass is 604 g/mol. The molecule has 1 aliphatic carbocycles. The number of aryl methyl sites for hydroxylation is 1. The van der Waals surface area contributed by atoms with E-state index in [-0.39, 0.29) is 36.7 Å². The summed E-state index contributed by atoms with van der Waals surface area (Å²) in [7, 11) is 0. The molecule has 5 rings (SSSR count). The Bertz CT molecular complexity index is 1240. The van der Waals surface area contributed by atoms with Crippen molar-refractivity contribution in [2.24, 2.45) is 0 Å². The highest BCUT2D eigenvalue weighted by Crippen LogP contribution is 2.46. The van der Waals surface area contributed by atoms with Gasteiger partial charge in [-0.15, -0.1) is 11.8 Å². The molecule has 2 fully saturated rings. The Labute approximate surface area is 249 Å². The van der Waals surface area contributed by atoms with E-state index in [4.69, 9.17) is 27.9 Å². The number of hydrogen-bond donors (Lipinski definition) is 2. The predicted octanol–water partition coefficient (Wildman–Crippen LogP) is 3.97. The summed E-state index contributed by atoms with van der Waals surface area (Å²) in [4.78, 5) is 43.4. The molecule has 3 aliphatic rings. The molecule has 2 saturated heterocycles. The molecule has 0 aromatic heterocycles. The highest BCUT2D eigenvalue weighted by molar-refractivity contribution is 8.01. The maximum atomic E-state index is 13.6. The Morgan fingerprint density at radius 1 is 1.05 bits per heavy atom. The summed E-state index contributed by atoms with van der Waals surface area (Å²) in [5, 5.41) is 5.84. The lowest BCUT2D eigenvalue weighted by Gasteiger charge is -2.26. The average molecular weight is 606 g/mol. The van der Waals surface area contributed by atoms with E-state index in [1.165, 1.54) is 22.2 Å². The fourth-order valence-electron chi connectivity index (χ4n) is 5.52. The minimum Gasteiger partial charge on any atom is -0.379 e. The van der Waals surface area contributed by atoms with Crippen LogP contribution < -0.4 is 10.6 Å². The lowest BCUT2D eigenvalue weighted by molar-refractivity contribution is -0.136. The van der Waals surface area contributed by atoms with Gasteiger partial charge in [0.1, 0.15) is 11.9 Å². The van der Waals surface area contributed by atoms with Crippen LogP contribution in [0.25, 0.3) is 0 Å². The van der Waals surface area contributed by atoms with Gasteiger partial charge in [-0.05, 0) is 49.1 Å². The molecule has 214 valence electrons. The number of carbonyl (C=O) groups is 3. The van der Waals surface area contributed by atoms with Gasteiger partial charge in [0, 0.05) is 41.7 Å². The van der Waals surface area contributed by atoms with Crippen LogP contribution in [0.2, 0.25) is 10.0 Å². The van der Waals surface area contributed by atoms with Crippen molar-refractivity contribution in [1.29, 1.82) is 0 Å². The van der Waals surface area contributed by atoms with E-state index in [0.29, 0.717) is 22.2 Å². The van der Waals surface area contributed by atoms with Crippen molar-refractivity contribution < 1.29 is 19.1 Å². The van der Waals surface area contributed by atoms with Gasteiger partial charge < -0.3 is 20.3 Å². The van der Waals surface area contributed by atoms with Crippen LogP contribution in [0, 0.1) is 0 Å². The molecule has 3 atom stereocenters. The molecule has 2 aliphatic heterocycles. The Kier molecular flexibility index (Phi) is 9.91. The third-order valence-corrected chi connectivity index (χ3v) is 9.62. The fraction of sp³-hybridized carbons (Fsp3) is 0.483. The van der Waals surface area contributed by atoms with Gasteiger partial charge in [-0.25, -0.2) is 0 Å². The largest absolute Gasteiger partial charge is 0.379 e. The Morgan fingerprint density at radius 3 is 2.65 bits per heavy atom. The molecule has 2 heterocycles. The molecule has 3 amide bonds. The van der Waals surface area contributed by atoms with Crippen molar-refractivity contribution in [2.75, 3.05) is 45.9 Å². The Balaban J connectivity index is 1.21. The van der Waals surface area contributed by atoms with Gasteiger partial charge in [0.05, 0.1) is 24.5 Å². The number of ether oxygens (including phenoxy) is 1. The molecule has 40 heavy (non-hydrogen) atoms. The zero-order valence-electron chi connectivity index (χ0n) is 22.2. The van der Waals surface area contributed by atoms with E-state index in [2.05, 4.69) is 21.6 Å². The van der Waals surface area contributed by atoms with Crippen molar-refractivity contribution in [2.45, 2.75) is 42.3 Å². The van der Waals surface area contributed by atoms with E-state index in [9.17, 15) is 14.4 Å². The van der Waals surface area contributed by atoms with Gasteiger partial charge in [-0.3, -0.25) is 19.3 Å².